The Morgan fingerprint density at radius 1 is 1.29 bits per heavy atom. The van der Waals surface area contributed by atoms with E-state index in [1.807, 2.05) is 12.1 Å². The van der Waals surface area contributed by atoms with Crippen LogP contribution in [0.2, 0.25) is 0 Å². The van der Waals surface area contributed by atoms with Gasteiger partial charge >= 0.3 is 0 Å². The van der Waals surface area contributed by atoms with Crippen LogP contribution in [0.4, 0.5) is 0 Å². The number of hydrogen-bond acceptors (Lipinski definition) is 5. The summed E-state index contributed by atoms with van der Waals surface area (Å²) in [6.07, 6.45) is 3.30. The molecule has 1 aliphatic carbocycles. The highest BCUT2D eigenvalue weighted by Gasteiger charge is 2.50. The topological polar surface area (TPSA) is 59.0 Å². The van der Waals surface area contributed by atoms with Gasteiger partial charge in [-0.1, -0.05) is 0 Å². The standard InChI is InChI=1S/C19H27NO4/c1-12(21)15-9-13(10-16(23-3)18(15)24-4)19-6-5-14(22)11-17(19)20(2)8-7-19/h9-10,14,17,22H,5-8,11H2,1-4H3/t14-,17+,19+/m1/s1. The third-order valence-corrected chi connectivity index (χ3v) is 5.93. The number of carbonyl (C=O) groups excluding carboxylic acids is 1. The summed E-state index contributed by atoms with van der Waals surface area (Å²) < 4.78 is 10.9. The molecule has 1 aromatic rings. The van der Waals surface area contributed by atoms with Gasteiger partial charge in [-0.3, -0.25) is 4.79 Å². The molecule has 2 aliphatic rings. The molecule has 1 heterocycles. The third-order valence-electron chi connectivity index (χ3n) is 5.93. The first-order valence-electron chi connectivity index (χ1n) is 8.58. The van der Waals surface area contributed by atoms with Crippen LogP contribution in [0.1, 0.15) is 48.5 Å². The predicted molar refractivity (Wildman–Crippen MR) is 92.1 cm³/mol. The number of aliphatic hydroxyl groups excluding tert-OH is 1. The van der Waals surface area contributed by atoms with Gasteiger partial charge in [0.1, 0.15) is 0 Å². The molecule has 132 valence electrons. The summed E-state index contributed by atoms with van der Waals surface area (Å²) in [7, 11) is 5.29. The van der Waals surface area contributed by atoms with Crippen LogP contribution in [0.3, 0.4) is 0 Å². The van der Waals surface area contributed by atoms with Gasteiger partial charge in [-0.2, -0.15) is 0 Å². The zero-order chi connectivity index (χ0) is 17.5. The monoisotopic (exact) mass is 333 g/mol. The van der Waals surface area contributed by atoms with Crippen LogP contribution >= 0.6 is 0 Å². The maximum Gasteiger partial charge on any atom is 0.171 e. The Bertz CT molecular complexity index is 644. The van der Waals surface area contributed by atoms with Crippen LogP contribution in [0.5, 0.6) is 11.5 Å². The number of aliphatic hydroxyl groups is 1. The molecule has 24 heavy (non-hydrogen) atoms. The largest absolute Gasteiger partial charge is 0.493 e. The molecule has 1 aromatic carbocycles. The molecule has 2 fully saturated rings. The van der Waals surface area contributed by atoms with Crippen molar-refractivity contribution in [2.45, 2.75) is 50.2 Å². The molecule has 0 amide bonds. The Labute approximate surface area is 143 Å². The van der Waals surface area contributed by atoms with Crippen molar-refractivity contribution >= 4 is 5.78 Å². The van der Waals surface area contributed by atoms with E-state index in [2.05, 4.69) is 11.9 Å². The summed E-state index contributed by atoms with van der Waals surface area (Å²) in [5.41, 5.74) is 1.67. The van der Waals surface area contributed by atoms with Crippen LogP contribution in [0, 0.1) is 0 Å². The van der Waals surface area contributed by atoms with Gasteiger partial charge in [0.15, 0.2) is 17.3 Å². The number of ether oxygens (including phenoxy) is 2. The van der Waals surface area contributed by atoms with E-state index < -0.39 is 0 Å². The lowest BCUT2D eigenvalue weighted by Gasteiger charge is -2.43. The van der Waals surface area contributed by atoms with E-state index in [-0.39, 0.29) is 17.3 Å². The third kappa shape index (κ3) is 2.60. The first-order valence-corrected chi connectivity index (χ1v) is 8.58. The Hall–Kier alpha value is -1.59. The number of likely N-dealkylation sites (tertiary alicyclic amines) is 1. The first kappa shape index (κ1) is 17.2. The fourth-order valence-corrected chi connectivity index (χ4v) is 4.61. The highest BCUT2D eigenvalue weighted by molar-refractivity contribution is 5.98. The fraction of sp³-hybridized carbons (Fsp3) is 0.632. The summed E-state index contributed by atoms with van der Waals surface area (Å²) in [4.78, 5) is 14.5. The van der Waals surface area contributed by atoms with Gasteiger partial charge in [0.2, 0.25) is 0 Å². The Balaban J connectivity index is 2.14. The molecular formula is C19H27NO4. The van der Waals surface area contributed by atoms with Crippen LogP contribution < -0.4 is 9.47 Å². The molecule has 1 saturated carbocycles. The SMILES string of the molecule is COc1cc([C@@]23CC[C@@H](O)C[C@@H]2N(C)CC3)cc(C(C)=O)c1OC. The molecule has 3 atom stereocenters. The van der Waals surface area contributed by atoms with Gasteiger partial charge in [0.05, 0.1) is 25.9 Å². The van der Waals surface area contributed by atoms with Crippen molar-refractivity contribution in [3.05, 3.63) is 23.3 Å². The van der Waals surface area contributed by atoms with Crippen molar-refractivity contribution in [1.29, 1.82) is 0 Å². The molecule has 5 nitrogen and oxygen atoms in total. The Morgan fingerprint density at radius 2 is 2.04 bits per heavy atom. The summed E-state index contributed by atoms with van der Waals surface area (Å²) in [5, 5.41) is 10.1. The molecule has 5 heteroatoms. The number of rotatable bonds is 4. The minimum Gasteiger partial charge on any atom is -0.493 e. The van der Waals surface area contributed by atoms with Gasteiger partial charge < -0.3 is 19.5 Å². The number of ketones is 1. The normalized spacial score (nSPS) is 30.0. The number of hydrogen-bond donors (Lipinski definition) is 1. The molecule has 3 rings (SSSR count). The predicted octanol–water partition coefficient (Wildman–Crippen LogP) is 2.39. The minimum atomic E-state index is -0.240. The number of fused-ring (bicyclic) bond motifs is 1. The number of carbonyl (C=O) groups is 1. The average Bonchev–Trinajstić information content (AvgIpc) is 2.91. The van der Waals surface area contributed by atoms with Crippen molar-refractivity contribution in [3.8, 4) is 11.5 Å². The van der Waals surface area contributed by atoms with E-state index >= 15 is 0 Å². The maximum atomic E-state index is 12.1. The highest BCUT2D eigenvalue weighted by atomic mass is 16.5. The fourth-order valence-electron chi connectivity index (χ4n) is 4.61. The van der Waals surface area contributed by atoms with Crippen LogP contribution in [-0.4, -0.2) is 55.7 Å². The lowest BCUT2D eigenvalue weighted by atomic mass is 9.65. The van der Waals surface area contributed by atoms with Gasteiger partial charge in [-0.25, -0.2) is 0 Å². The Kier molecular flexibility index (Phi) is 4.58. The van der Waals surface area contributed by atoms with E-state index in [9.17, 15) is 9.90 Å². The van der Waals surface area contributed by atoms with E-state index in [1.54, 1.807) is 21.1 Å². The number of Topliss-reactive ketones (excluding diaryl/α,β-unsaturated/α-hetero) is 1. The second-order valence-corrected chi connectivity index (χ2v) is 7.15. The molecule has 0 spiro atoms. The number of benzene rings is 1. The van der Waals surface area contributed by atoms with Crippen LogP contribution in [0.25, 0.3) is 0 Å². The molecular weight excluding hydrogens is 306 g/mol. The zero-order valence-corrected chi connectivity index (χ0v) is 15.0. The molecule has 0 unspecified atom stereocenters. The maximum absolute atomic E-state index is 12.1. The summed E-state index contributed by atoms with van der Waals surface area (Å²) in [6.45, 7) is 2.56. The van der Waals surface area contributed by atoms with E-state index in [1.165, 1.54) is 0 Å². The smallest absolute Gasteiger partial charge is 0.171 e. The van der Waals surface area contributed by atoms with Crippen LogP contribution in [-0.2, 0) is 5.41 Å². The Morgan fingerprint density at radius 3 is 2.67 bits per heavy atom. The molecule has 0 radical (unpaired) electrons. The van der Waals surface area contributed by atoms with E-state index in [0.717, 1.165) is 37.8 Å². The number of likely N-dealkylation sites (N-methyl/N-ethyl adjacent to an activating group) is 1. The molecule has 1 aliphatic heterocycles. The molecule has 0 bridgehead atoms. The number of nitrogens with zero attached hydrogens (tertiary/aromatic N) is 1. The van der Waals surface area contributed by atoms with Crippen molar-refractivity contribution in [2.24, 2.45) is 0 Å². The van der Waals surface area contributed by atoms with Gasteiger partial charge in [-0.05, 0) is 63.9 Å². The van der Waals surface area contributed by atoms with Crippen molar-refractivity contribution < 1.29 is 19.4 Å². The average molecular weight is 333 g/mol. The summed E-state index contributed by atoms with van der Waals surface area (Å²) >= 11 is 0. The lowest BCUT2D eigenvalue weighted by Crippen LogP contribution is -2.47. The molecule has 0 aromatic heterocycles. The number of methoxy groups -OCH3 is 2. The van der Waals surface area contributed by atoms with Crippen molar-refractivity contribution in [3.63, 3.8) is 0 Å². The summed E-state index contributed by atoms with van der Waals surface area (Å²) in [6, 6.07) is 4.29. The highest BCUT2D eigenvalue weighted by Crippen LogP contribution is 2.50. The first-order chi connectivity index (χ1) is 11.4. The van der Waals surface area contributed by atoms with E-state index in [4.69, 9.17) is 9.47 Å². The van der Waals surface area contributed by atoms with Crippen LogP contribution in [0.15, 0.2) is 12.1 Å². The van der Waals surface area contributed by atoms with Gasteiger partial charge in [-0.15, -0.1) is 0 Å². The van der Waals surface area contributed by atoms with Gasteiger partial charge in [0.25, 0.3) is 0 Å². The van der Waals surface area contributed by atoms with Crippen molar-refractivity contribution in [1.82, 2.24) is 4.90 Å². The quantitative estimate of drug-likeness (QED) is 0.858. The molecule has 1 N–H and O–H groups in total. The second-order valence-electron chi connectivity index (χ2n) is 7.15. The molecule has 1 saturated heterocycles. The van der Waals surface area contributed by atoms with E-state index in [0.29, 0.717) is 23.1 Å². The summed E-state index contributed by atoms with van der Waals surface area (Å²) in [5.74, 6) is 1.08. The van der Waals surface area contributed by atoms with Crippen molar-refractivity contribution in [2.75, 3.05) is 27.8 Å². The second kappa shape index (κ2) is 6.37. The van der Waals surface area contributed by atoms with Gasteiger partial charge in [0, 0.05) is 11.5 Å². The minimum absolute atomic E-state index is 0.0258. The lowest BCUT2D eigenvalue weighted by molar-refractivity contribution is 0.0566. The zero-order valence-electron chi connectivity index (χ0n) is 15.0.